The van der Waals surface area contributed by atoms with Crippen LogP contribution in [0.2, 0.25) is 0 Å². The molecule has 0 aromatic carbocycles. The third kappa shape index (κ3) is 4.99. The van der Waals surface area contributed by atoms with Crippen LogP contribution < -0.4 is 5.69 Å². The second-order valence-corrected chi connectivity index (χ2v) is 1.40. The first-order chi connectivity index (χ1) is 4.81. The lowest BCUT2D eigenvalue weighted by Gasteiger charge is -1.72. The number of nitrogens with zero attached hydrogens (tertiary/aromatic N) is 1. The lowest BCUT2D eigenvalue weighted by molar-refractivity contribution is 0.318. The van der Waals surface area contributed by atoms with E-state index >= 15 is 0 Å². The van der Waals surface area contributed by atoms with Gasteiger partial charge in [-0.25, -0.2) is 9.78 Å². The number of aliphatic hydroxyl groups is 1. The predicted molar refractivity (Wildman–Crippen MR) is 37.6 cm³/mol. The Hall–Kier alpha value is -1.16. The van der Waals surface area contributed by atoms with Crippen LogP contribution in [-0.2, 0) is 0 Å². The molecule has 4 heteroatoms. The fraction of sp³-hybridized carbons (Fsp3) is 0.333. The molecule has 10 heavy (non-hydrogen) atoms. The Kier molecular flexibility index (Phi) is 5.28. The Bertz CT molecular complexity index is 191. The Morgan fingerprint density at radius 3 is 2.60 bits per heavy atom. The van der Waals surface area contributed by atoms with Crippen molar-refractivity contribution in [3.63, 3.8) is 0 Å². The van der Waals surface area contributed by atoms with E-state index in [1.54, 1.807) is 13.0 Å². The minimum absolute atomic E-state index is 0.250. The van der Waals surface area contributed by atoms with Crippen LogP contribution in [0.4, 0.5) is 0 Å². The van der Waals surface area contributed by atoms with Crippen molar-refractivity contribution in [2.24, 2.45) is 0 Å². The quantitative estimate of drug-likeness (QED) is 0.525. The van der Waals surface area contributed by atoms with E-state index in [-0.39, 0.29) is 12.3 Å². The first-order valence-electron chi connectivity index (χ1n) is 2.91. The van der Waals surface area contributed by atoms with Crippen molar-refractivity contribution in [3.8, 4) is 0 Å². The Labute approximate surface area is 58.6 Å². The first-order valence-corrected chi connectivity index (χ1v) is 2.91. The van der Waals surface area contributed by atoms with Crippen LogP contribution in [-0.4, -0.2) is 21.7 Å². The molecule has 0 bridgehead atoms. The molecule has 0 aliphatic carbocycles. The lowest BCUT2D eigenvalue weighted by Crippen LogP contribution is -2.05. The van der Waals surface area contributed by atoms with E-state index in [4.69, 9.17) is 5.11 Å². The zero-order valence-corrected chi connectivity index (χ0v) is 5.74. The van der Waals surface area contributed by atoms with Crippen LogP contribution in [0, 0.1) is 0 Å². The summed E-state index contributed by atoms with van der Waals surface area (Å²) in [7, 11) is 0. The summed E-state index contributed by atoms with van der Waals surface area (Å²) >= 11 is 0. The van der Waals surface area contributed by atoms with Crippen LogP contribution in [0.5, 0.6) is 0 Å². The molecule has 0 atom stereocenters. The van der Waals surface area contributed by atoms with Gasteiger partial charge in [-0.05, 0) is 13.0 Å². The number of hydrogen-bond donors (Lipinski definition) is 2. The van der Waals surface area contributed by atoms with Gasteiger partial charge in [-0.3, -0.25) is 0 Å². The number of nitrogens with one attached hydrogen (secondary N) is 1. The maximum Gasteiger partial charge on any atom is 0.344 e. The summed E-state index contributed by atoms with van der Waals surface area (Å²) in [5, 5.41) is 7.57. The van der Waals surface area contributed by atoms with Gasteiger partial charge in [-0.15, -0.1) is 0 Å². The Balaban J connectivity index is 0.000000236. The van der Waals surface area contributed by atoms with Crippen molar-refractivity contribution < 1.29 is 5.11 Å². The van der Waals surface area contributed by atoms with Crippen LogP contribution in [0.1, 0.15) is 6.92 Å². The van der Waals surface area contributed by atoms with Crippen LogP contribution in [0.15, 0.2) is 23.3 Å². The molecule has 1 rings (SSSR count). The molecule has 0 saturated heterocycles. The first kappa shape index (κ1) is 8.84. The fourth-order valence-electron chi connectivity index (χ4n) is 0.310. The van der Waals surface area contributed by atoms with E-state index in [1.165, 1.54) is 12.4 Å². The van der Waals surface area contributed by atoms with Gasteiger partial charge in [0.05, 0.1) is 0 Å². The number of rotatable bonds is 0. The minimum Gasteiger partial charge on any atom is -0.397 e. The van der Waals surface area contributed by atoms with E-state index in [0.717, 1.165) is 0 Å². The Morgan fingerprint density at radius 2 is 2.40 bits per heavy atom. The summed E-state index contributed by atoms with van der Waals surface area (Å²) in [5.74, 6) is 0. The van der Waals surface area contributed by atoms with E-state index in [0.29, 0.717) is 0 Å². The molecule has 0 aliphatic heterocycles. The molecule has 1 aromatic heterocycles. The van der Waals surface area contributed by atoms with Crippen molar-refractivity contribution >= 4 is 0 Å². The van der Waals surface area contributed by atoms with Crippen molar-refractivity contribution in [1.82, 2.24) is 9.97 Å². The number of hydrogen-bond acceptors (Lipinski definition) is 3. The highest BCUT2D eigenvalue weighted by Crippen LogP contribution is 1.61. The van der Waals surface area contributed by atoms with Crippen LogP contribution in [0.3, 0.4) is 0 Å². The van der Waals surface area contributed by atoms with Crippen molar-refractivity contribution in [2.75, 3.05) is 6.61 Å². The van der Waals surface area contributed by atoms with E-state index < -0.39 is 0 Å². The number of H-pyrrole nitrogens is 1. The summed E-state index contributed by atoms with van der Waals surface area (Å²) in [6, 6.07) is 1.65. The molecule has 0 aliphatic rings. The fourth-order valence-corrected chi connectivity index (χ4v) is 0.310. The second-order valence-electron chi connectivity index (χ2n) is 1.40. The third-order valence-corrected chi connectivity index (χ3v) is 0.581. The average molecular weight is 142 g/mol. The standard InChI is InChI=1S/C4H4N2O.C2H6O/c7-4-5-2-1-3-6-4;1-2-3/h1-3H,(H,5,6,7);3H,2H2,1H3. The van der Waals surface area contributed by atoms with Crippen molar-refractivity contribution in [2.45, 2.75) is 6.92 Å². The van der Waals surface area contributed by atoms with Crippen molar-refractivity contribution in [3.05, 3.63) is 28.9 Å². The number of aromatic amines is 1. The Morgan fingerprint density at radius 1 is 1.80 bits per heavy atom. The largest absolute Gasteiger partial charge is 0.397 e. The summed E-state index contributed by atoms with van der Waals surface area (Å²) in [5.41, 5.74) is -0.303. The van der Waals surface area contributed by atoms with Gasteiger partial charge in [0.1, 0.15) is 0 Å². The molecule has 2 N–H and O–H groups in total. The molecule has 0 saturated carbocycles. The summed E-state index contributed by atoms with van der Waals surface area (Å²) in [4.78, 5) is 15.8. The SMILES string of the molecule is CCO.O=c1nccc[nH]1. The van der Waals surface area contributed by atoms with Gasteiger partial charge in [0.25, 0.3) is 0 Å². The zero-order valence-electron chi connectivity index (χ0n) is 5.74. The highest BCUT2D eigenvalue weighted by Gasteiger charge is 1.70. The molecule has 56 valence electrons. The van der Waals surface area contributed by atoms with Gasteiger partial charge < -0.3 is 10.1 Å². The molecule has 0 amide bonds. The van der Waals surface area contributed by atoms with Gasteiger partial charge in [-0.2, -0.15) is 0 Å². The highest BCUT2D eigenvalue weighted by atomic mass is 16.2. The molecule has 4 nitrogen and oxygen atoms in total. The smallest absolute Gasteiger partial charge is 0.344 e. The molecule has 1 aromatic rings. The summed E-state index contributed by atoms with van der Waals surface area (Å²) in [6.45, 7) is 1.93. The van der Waals surface area contributed by atoms with Gasteiger partial charge in [-0.1, -0.05) is 0 Å². The molecule has 0 fully saturated rings. The van der Waals surface area contributed by atoms with Gasteiger partial charge >= 0.3 is 5.69 Å². The normalized spacial score (nSPS) is 7.80. The van der Waals surface area contributed by atoms with Gasteiger partial charge in [0, 0.05) is 19.0 Å². The molecule has 1 heterocycles. The van der Waals surface area contributed by atoms with Crippen LogP contribution in [0.25, 0.3) is 0 Å². The molecule has 0 radical (unpaired) electrons. The topological polar surface area (TPSA) is 66.0 Å². The summed E-state index contributed by atoms with van der Waals surface area (Å²) < 4.78 is 0. The zero-order chi connectivity index (χ0) is 7.82. The van der Waals surface area contributed by atoms with E-state index in [1.807, 2.05) is 0 Å². The van der Waals surface area contributed by atoms with E-state index in [9.17, 15) is 4.79 Å². The molecular weight excluding hydrogens is 132 g/mol. The van der Waals surface area contributed by atoms with E-state index in [2.05, 4.69) is 9.97 Å². The molecule has 0 spiro atoms. The summed E-state index contributed by atoms with van der Waals surface area (Å²) in [6.07, 6.45) is 2.98. The third-order valence-electron chi connectivity index (χ3n) is 0.581. The maximum atomic E-state index is 10.1. The highest BCUT2D eigenvalue weighted by molar-refractivity contribution is 4.75. The lowest BCUT2D eigenvalue weighted by atomic mass is 10.7. The van der Waals surface area contributed by atoms with Crippen LogP contribution >= 0.6 is 0 Å². The van der Waals surface area contributed by atoms with Gasteiger partial charge in [0.15, 0.2) is 0 Å². The maximum absolute atomic E-state index is 10.1. The average Bonchev–Trinajstić information content (AvgIpc) is 1.91. The monoisotopic (exact) mass is 142 g/mol. The second kappa shape index (κ2) is 5.97. The minimum atomic E-state index is -0.303. The molecular formula is C6H10N2O2. The predicted octanol–water partition coefficient (Wildman–Crippen LogP) is -0.232. The molecule has 0 unspecified atom stereocenters. The van der Waals surface area contributed by atoms with Crippen molar-refractivity contribution in [1.29, 1.82) is 0 Å². The van der Waals surface area contributed by atoms with Gasteiger partial charge in [0.2, 0.25) is 0 Å². The number of aliphatic hydroxyl groups excluding tert-OH is 1. The number of aromatic nitrogens is 2.